The van der Waals surface area contributed by atoms with Crippen LogP contribution in [0.15, 0.2) is 144 Å². The molecular formula is C47H30N4O3. The summed E-state index contributed by atoms with van der Waals surface area (Å²) in [6.45, 7) is 4.27. The molecule has 0 spiro atoms. The highest BCUT2D eigenvalue weighted by molar-refractivity contribution is 6.42. The number of para-hydroxylation sites is 2. The van der Waals surface area contributed by atoms with Crippen LogP contribution in [-0.4, -0.2) is 29.0 Å². The second-order valence-electron chi connectivity index (χ2n) is 14.3. The number of fused-ring (bicyclic) bond motifs is 5. The van der Waals surface area contributed by atoms with E-state index >= 15 is 0 Å². The van der Waals surface area contributed by atoms with Gasteiger partial charge in [0.15, 0.2) is 17.3 Å². The third-order valence-corrected chi connectivity index (χ3v) is 11.0. The third-order valence-electron chi connectivity index (χ3n) is 11.0. The fourth-order valence-electron chi connectivity index (χ4n) is 8.35. The van der Waals surface area contributed by atoms with Gasteiger partial charge in [0.25, 0.3) is 0 Å². The van der Waals surface area contributed by atoms with E-state index in [1.165, 1.54) is 5.56 Å². The molecule has 7 heteroatoms. The van der Waals surface area contributed by atoms with Crippen molar-refractivity contribution in [3.8, 4) is 17.8 Å². The van der Waals surface area contributed by atoms with Gasteiger partial charge in [0.05, 0.1) is 11.1 Å². The molecule has 0 saturated heterocycles. The van der Waals surface area contributed by atoms with Gasteiger partial charge in [0.2, 0.25) is 0 Å². The first-order valence-corrected chi connectivity index (χ1v) is 17.6. The molecule has 7 nitrogen and oxygen atoms in total. The molecule has 0 saturated carbocycles. The van der Waals surface area contributed by atoms with E-state index in [-0.39, 0.29) is 39.5 Å². The number of carbonyl (C=O) groups excluding carboxylic acids is 3. The van der Waals surface area contributed by atoms with Crippen molar-refractivity contribution in [2.45, 2.75) is 19.3 Å². The predicted octanol–water partition coefficient (Wildman–Crippen LogP) is 9.48. The van der Waals surface area contributed by atoms with Crippen molar-refractivity contribution >= 4 is 56.4 Å². The van der Waals surface area contributed by atoms with Crippen molar-refractivity contribution in [3.05, 3.63) is 177 Å². The van der Waals surface area contributed by atoms with Crippen molar-refractivity contribution < 1.29 is 14.4 Å². The Kier molecular flexibility index (Phi) is 7.14. The van der Waals surface area contributed by atoms with E-state index in [2.05, 4.69) is 30.9 Å². The Bertz CT molecular complexity index is 2880. The lowest BCUT2D eigenvalue weighted by atomic mass is 9.83. The van der Waals surface area contributed by atoms with Crippen molar-refractivity contribution in [1.29, 1.82) is 10.5 Å². The summed E-state index contributed by atoms with van der Waals surface area (Å²) in [5, 5.41) is 22.6. The van der Waals surface area contributed by atoms with Gasteiger partial charge in [-0.05, 0) is 76.5 Å². The fourth-order valence-corrected chi connectivity index (χ4v) is 8.35. The molecule has 256 valence electrons. The number of aromatic nitrogens is 1. The summed E-state index contributed by atoms with van der Waals surface area (Å²) in [5.74, 6) is -0.906. The molecular weight excluding hydrogens is 669 g/mol. The molecule has 54 heavy (non-hydrogen) atoms. The zero-order chi connectivity index (χ0) is 37.5. The quantitative estimate of drug-likeness (QED) is 0.104. The molecule has 1 aromatic heterocycles. The number of benzene rings is 5. The number of nitriles is 2. The first-order chi connectivity index (χ1) is 26.1. The minimum atomic E-state index is -0.339. The van der Waals surface area contributed by atoms with Gasteiger partial charge in [-0.1, -0.05) is 80.6 Å². The van der Waals surface area contributed by atoms with Gasteiger partial charge in [0, 0.05) is 74.5 Å². The van der Waals surface area contributed by atoms with Gasteiger partial charge in [-0.25, -0.2) is 0 Å². The minimum Gasteiger partial charge on any atom is -0.347 e. The lowest BCUT2D eigenvalue weighted by Crippen LogP contribution is -2.22. The van der Waals surface area contributed by atoms with Crippen molar-refractivity contribution in [2.75, 3.05) is 11.9 Å². The summed E-state index contributed by atoms with van der Waals surface area (Å²) < 4.78 is 1.93. The van der Waals surface area contributed by atoms with E-state index in [9.17, 15) is 24.9 Å². The summed E-state index contributed by atoms with van der Waals surface area (Å²) in [5.41, 5.74) is 7.29. The Morgan fingerprint density at radius 2 is 1.30 bits per heavy atom. The number of likely N-dealkylation sites (N-methyl/N-ethyl adjacent to an activating group) is 1. The van der Waals surface area contributed by atoms with Gasteiger partial charge in [-0.15, -0.1) is 0 Å². The van der Waals surface area contributed by atoms with E-state index in [0.717, 1.165) is 33.1 Å². The number of allylic oxidation sites excluding steroid dienone is 7. The van der Waals surface area contributed by atoms with Crippen LogP contribution in [0.4, 0.5) is 5.69 Å². The predicted molar refractivity (Wildman–Crippen MR) is 210 cm³/mol. The Labute approximate surface area is 311 Å². The molecule has 0 fully saturated rings. The lowest BCUT2D eigenvalue weighted by Gasteiger charge is -2.23. The maximum atomic E-state index is 14.3. The molecule has 0 radical (unpaired) electrons. The summed E-state index contributed by atoms with van der Waals surface area (Å²) in [7, 11) is 1.99. The molecule has 3 aliphatic rings. The average Bonchev–Trinajstić information content (AvgIpc) is 3.83. The number of hydrogen-bond acceptors (Lipinski definition) is 6. The van der Waals surface area contributed by atoms with Crippen LogP contribution in [0.1, 0.15) is 61.6 Å². The van der Waals surface area contributed by atoms with E-state index in [0.29, 0.717) is 39.1 Å². The molecule has 5 aromatic carbocycles. The van der Waals surface area contributed by atoms with E-state index < -0.39 is 0 Å². The topological polar surface area (TPSA) is 107 Å². The Balaban J connectivity index is 1.14. The number of Topliss-reactive ketones (excluding diaryl/α,β-unsaturated/α-hetero) is 3. The number of hydrogen-bond donors (Lipinski definition) is 0. The van der Waals surface area contributed by atoms with Gasteiger partial charge < -0.3 is 9.47 Å². The van der Waals surface area contributed by atoms with Gasteiger partial charge in [-0.2, -0.15) is 10.5 Å². The van der Waals surface area contributed by atoms with E-state index in [4.69, 9.17) is 0 Å². The largest absolute Gasteiger partial charge is 0.347 e. The smallest absolute Gasteiger partial charge is 0.197 e. The highest BCUT2D eigenvalue weighted by Gasteiger charge is 2.39. The number of nitrogens with zero attached hydrogens (tertiary/aromatic N) is 4. The first kappa shape index (κ1) is 32.6. The molecule has 9 rings (SSSR count). The molecule has 0 atom stereocenters. The molecule has 1 aliphatic heterocycles. The van der Waals surface area contributed by atoms with Crippen molar-refractivity contribution in [3.63, 3.8) is 0 Å². The summed E-state index contributed by atoms with van der Waals surface area (Å²) in [6, 6.07) is 36.5. The molecule has 0 unspecified atom stereocenters. The van der Waals surface area contributed by atoms with Crippen LogP contribution in [0.3, 0.4) is 0 Å². The monoisotopic (exact) mass is 698 g/mol. The van der Waals surface area contributed by atoms with Gasteiger partial charge in [-0.3, -0.25) is 14.4 Å². The van der Waals surface area contributed by atoms with Crippen LogP contribution < -0.4 is 4.90 Å². The summed E-state index contributed by atoms with van der Waals surface area (Å²) in [6.07, 6.45) is 7.17. The minimum absolute atomic E-state index is 0.103. The number of ketones is 3. The first-order valence-electron chi connectivity index (χ1n) is 17.6. The Morgan fingerprint density at radius 1 is 0.685 bits per heavy atom. The molecule has 0 bridgehead atoms. The van der Waals surface area contributed by atoms with E-state index in [1.807, 2.05) is 103 Å². The Morgan fingerprint density at radius 3 is 1.98 bits per heavy atom. The van der Waals surface area contributed by atoms with Crippen molar-refractivity contribution in [1.82, 2.24) is 4.57 Å². The zero-order valence-corrected chi connectivity index (χ0v) is 29.6. The lowest BCUT2D eigenvalue weighted by molar-refractivity contribution is 0.0988. The highest BCUT2D eigenvalue weighted by Crippen LogP contribution is 2.47. The van der Waals surface area contributed by atoms with Crippen LogP contribution >= 0.6 is 0 Å². The standard InChI is InChI=1S/C47H30N4O3/c1-47(2)39-13-7-9-15-41(39)50(3)42(47)19-18-34-43(30(24-48)25-49)33-17-16-31(23-37(33)44(34)52)51-26-29(32-12-6-8-14-40(32)51)22-38-45(53)35-20-27-10-4-5-11-28(27)21-36(35)46(38)54/h4-23,26H,1-3H3/b34-18+,42-19+. The fraction of sp³-hybridized carbons (Fsp3) is 0.0851. The van der Waals surface area contributed by atoms with Gasteiger partial charge >= 0.3 is 0 Å². The summed E-state index contributed by atoms with van der Waals surface area (Å²) in [4.78, 5) is 43.7. The number of carbonyl (C=O) groups is 3. The molecule has 0 amide bonds. The normalized spacial score (nSPS) is 17.0. The van der Waals surface area contributed by atoms with Crippen LogP contribution in [0.25, 0.3) is 39.0 Å². The van der Waals surface area contributed by atoms with E-state index in [1.54, 1.807) is 36.4 Å². The molecule has 0 N–H and O–H groups in total. The number of rotatable bonds is 3. The van der Waals surface area contributed by atoms with Crippen LogP contribution in [0.5, 0.6) is 0 Å². The Hall–Kier alpha value is -7.35. The van der Waals surface area contributed by atoms with Crippen LogP contribution in [0, 0.1) is 22.7 Å². The van der Waals surface area contributed by atoms with Crippen LogP contribution in [0.2, 0.25) is 0 Å². The second-order valence-corrected chi connectivity index (χ2v) is 14.3. The second kappa shape index (κ2) is 11.8. The maximum absolute atomic E-state index is 14.3. The van der Waals surface area contributed by atoms with Gasteiger partial charge in [0.1, 0.15) is 17.7 Å². The summed E-state index contributed by atoms with van der Waals surface area (Å²) >= 11 is 0. The zero-order valence-electron chi connectivity index (χ0n) is 29.6. The van der Waals surface area contributed by atoms with Crippen LogP contribution in [-0.2, 0) is 5.41 Å². The maximum Gasteiger partial charge on any atom is 0.197 e. The molecule has 2 aliphatic carbocycles. The van der Waals surface area contributed by atoms with Crippen molar-refractivity contribution in [2.24, 2.45) is 0 Å². The molecule has 6 aromatic rings. The SMILES string of the molecule is CN1/C(=C/C=C2/C(=O)c3cc(-n4cc(C=C5C(=O)c6cc7ccccc7cc6C5=O)c5ccccc54)ccc3C2=C(C#N)C#N)C(C)(C)c2ccccc21. The third kappa shape index (κ3) is 4.62. The average molecular weight is 699 g/mol. The number of anilines is 1. The highest BCUT2D eigenvalue weighted by atomic mass is 16.2. The molecule has 2 heterocycles.